The molecular formula is C18H16Cl2N4O2S. The Bertz CT molecular complexity index is 934. The summed E-state index contributed by atoms with van der Waals surface area (Å²) in [7, 11) is 1.84. The molecule has 0 unspecified atom stereocenters. The number of ether oxygens (including phenoxy) is 1. The van der Waals surface area contributed by atoms with Crippen molar-refractivity contribution in [2.24, 2.45) is 7.05 Å². The first-order valence-electron chi connectivity index (χ1n) is 7.97. The van der Waals surface area contributed by atoms with Crippen LogP contribution in [0.1, 0.15) is 5.82 Å². The first kappa shape index (κ1) is 19.5. The summed E-state index contributed by atoms with van der Waals surface area (Å²) < 4.78 is 7.48. The van der Waals surface area contributed by atoms with E-state index < -0.39 is 0 Å². The second-order valence-electron chi connectivity index (χ2n) is 5.53. The van der Waals surface area contributed by atoms with E-state index in [9.17, 15) is 4.79 Å². The molecule has 1 N–H and O–H groups in total. The Balaban J connectivity index is 1.52. The predicted octanol–water partition coefficient (Wildman–Crippen LogP) is 4.43. The van der Waals surface area contributed by atoms with Gasteiger partial charge in [0.1, 0.15) is 12.4 Å². The van der Waals surface area contributed by atoms with Crippen LogP contribution in [-0.2, 0) is 18.4 Å². The number of benzene rings is 2. The zero-order valence-electron chi connectivity index (χ0n) is 14.4. The minimum Gasteiger partial charge on any atom is -0.486 e. The van der Waals surface area contributed by atoms with Crippen LogP contribution in [-0.4, -0.2) is 26.4 Å². The van der Waals surface area contributed by atoms with E-state index in [1.807, 2.05) is 37.4 Å². The van der Waals surface area contributed by atoms with E-state index >= 15 is 0 Å². The Morgan fingerprint density at radius 1 is 1.15 bits per heavy atom. The molecule has 0 aliphatic rings. The molecule has 0 atom stereocenters. The molecule has 0 saturated heterocycles. The number of amides is 1. The highest BCUT2D eigenvalue weighted by Gasteiger charge is 2.12. The number of rotatable bonds is 7. The number of aromatic nitrogens is 3. The molecule has 3 aromatic rings. The van der Waals surface area contributed by atoms with E-state index in [2.05, 4.69) is 15.5 Å². The summed E-state index contributed by atoms with van der Waals surface area (Å²) in [5.41, 5.74) is 0.588. The van der Waals surface area contributed by atoms with Gasteiger partial charge in [0, 0.05) is 12.7 Å². The second kappa shape index (κ2) is 9.12. The summed E-state index contributed by atoms with van der Waals surface area (Å²) in [4.78, 5) is 12.1. The molecule has 6 nitrogen and oxygen atoms in total. The molecule has 3 rings (SSSR count). The Morgan fingerprint density at radius 2 is 1.93 bits per heavy atom. The molecule has 0 aliphatic heterocycles. The molecule has 0 radical (unpaired) electrons. The third-order valence-electron chi connectivity index (χ3n) is 3.57. The highest BCUT2D eigenvalue weighted by Crippen LogP contribution is 2.25. The lowest BCUT2D eigenvalue weighted by atomic mass is 10.3. The molecule has 0 fully saturated rings. The number of carbonyl (C=O) groups is 1. The van der Waals surface area contributed by atoms with E-state index in [-0.39, 0.29) is 11.7 Å². The number of halogens is 2. The average Bonchev–Trinajstić information content (AvgIpc) is 3.02. The van der Waals surface area contributed by atoms with Crippen molar-refractivity contribution in [3.8, 4) is 5.75 Å². The monoisotopic (exact) mass is 422 g/mol. The topological polar surface area (TPSA) is 69.0 Å². The van der Waals surface area contributed by atoms with Crippen molar-refractivity contribution < 1.29 is 9.53 Å². The van der Waals surface area contributed by atoms with E-state index in [0.717, 1.165) is 5.75 Å². The zero-order chi connectivity index (χ0) is 19.2. The zero-order valence-corrected chi connectivity index (χ0v) is 16.7. The highest BCUT2D eigenvalue weighted by molar-refractivity contribution is 7.99. The van der Waals surface area contributed by atoms with E-state index in [4.69, 9.17) is 27.9 Å². The number of para-hydroxylation sites is 1. The fraction of sp³-hybridized carbons (Fsp3) is 0.167. The third-order valence-corrected chi connectivity index (χ3v) is 5.33. The number of hydrogen-bond donors (Lipinski definition) is 1. The minimum atomic E-state index is -0.177. The molecule has 9 heteroatoms. The minimum absolute atomic E-state index is 0.177. The van der Waals surface area contributed by atoms with Gasteiger partial charge in [0.15, 0.2) is 11.0 Å². The van der Waals surface area contributed by atoms with Gasteiger partial charge < -0.3 is 14.6 Å². The van der Waals surface area contributed by atoms with Gasteiger partial charge in [-0.2, -0.15) is 0 Å². The fourth-order valence-electron chi connectivity index (χ4n) is 2.16. The summed E-state index contributed by atoms with van der Waals surface area (Å²) in [6.07, 6.45) is 0. The van der Waals surface area contributed by atoms with E-state index in [0.29, 0.717) is 33.3 Å². The summed E-state index contributed by atoms with van der Waals surface area (Å²) >= 11 is 13.1. The summed E-state index contributed by atoms with van der Waals surface area (Å²) in [5.74, 6) is 1.44. The van der Waals surface area contributed by atoms with Crippen LogP contribution in [0.15, 0.2) is 53.7 Å². The van der Waals surface area contributed by atoms with Crippen LogP contribution in [0.2, 0.25) is 10.0 Å². The van der Waals surface area contributed by atoms with Gasteiger partial charge in [-0.3, -0.25) is 4.79 Å². The lowest BCUT2D eigenvalue weighted by Crippen LogP contribution is -2.14. The summed E-state index contributed by atoms with van der Waals surface area (Å²) in [5, 5.41) is 12.5. The molecule has 0 saturated carbocycles. The van der Waals surface area contributed by atoms with Gasteiger partial charge in [-0.05, 0) is 30.3 Å². The smallest absolute Gasteiger partial charge is 0.234 e. The van der Waals surface area contributed by atoms with Crippen LogP contribution < -0.4 is 10.1 Å². The van der Waals surface area contributed by atoms with Crippen molar-refractivity contribution >= 4 is 46.6 Å². The normalized spacial score (nSPS) is 10.6. The maximum absolute atomic E-state index is 12.1. The van der Waals surface area contributed by atoms with Crippen molar-refractivity contribution in [3.05, 3.63) is 64.4 Å². The van der Waals surface area contributed by atoms with Gasteiger partial charge in [0.2, 0.25) is 5.91 Å². The molecule has 0 spiro atoms. The van der Waals surface area contributed by atoms with Gasteiger partial charge in [-0.1, -0.05) is 53.2 Å². The van der Waals surface area contributed by atoms with Crippen molar-refractivity contribution in [1.29, 1.82) is 0 Å². The maximum Gasteiger partial charge on any atom is 0.234 e. The Morgan fingerprint density at radius 3 is 2.67 bits per heavy atom. The number of carbonyl (C=O) groups excluding carboxylic acids is 1. The highest BCUT2D eigenvalue weighted by atomic mass is 35.5. The molecule has 0 aliphatic carbocycles. The van der Waals surface area contributed by atoms with Crippen LogP contribution in [0.5, 0.6) is 5.75 Å². The standard InChI is InChI=1S/C18H16Cl2N4O2S/c1-24-16(10-26-13-5-3-2-4-6-13)22-23-18(24)27-11-17(25)21-12-7-8-14(19)15(20)9-12/h2-9H,10-11H2,1H3,(H,21,25). The van der Waals surface area contributed by atoms with Gasteiger partial charge in [-0.25, -0.2) is 0 Å². The molecule has 2 aromatic carbocycles. The third kappa shape index (κ3) is 5.38. The van der Waals surface area contributed by atoms with Crippen molar-refractivity contribution in [2.75, 3.05) is 11.1 Å². The predicted molar refractivity (Wildman–Crippen MR) is 108 cm³/mol. The quantitative estimate of drug-likeness (QED) is 0.570. The first-order valence-corrected chi connectivity index (χ1v) is 9.71. The Labute approximate surface area is 170 Å². The number of thioether (sulfide) groups is 1. The molecule has 1 heterocycles. The number of nitrogens with one attached hydrogen (secondary N) is 1. The average molecular weight is 423 g/mol. The Kier molecular flexibility index (Phi) is 6.60. The first-order chi connectivity index (χ1) is 13.0. The lowest BCUT2D eigenvalue weighted by Gasteiger charge is -2.07. The maximum atomic E-state index is 12.1. The lowest BCUT2D eigenvalue weighted by molar-refractivity contribution is -0.113. The molecular weight excluding hydrogens is 407 g/mol. The second-order valence-corrected chi connectivity index (χ2v) is 7.28. The largest absolute Gasteiger partial charge is 0.486 e. The fourth-order valence-corrected chi connectivity index (χ4v) is 3.19. The van der Waals surface area contributed by atoms with Crippen LogP contribution in [0.25, 0.3) is 0 Å². The molecule has 140 valence electrons. The Hall–Kier alpha value is -2.22. The molecule has 0 bridgehead atoms. The van der Waals surface area contributed by atoms with Crippen LogP contribution in [0, 0.1) is 0 Å². The number of anilines is 1. The van der Waals surface area contributed by atoms with Crippen molar-refractivity contribution in [3.63, 3.8) is 0 Å². The van der Waals surface area contributed by atoms with Crippen LogP contribution >= 0.6 is 35.0 Å². The van der Waals surface area contributed by atoms with Crippen LogP contribution in [0.4, 0.5) is 5.69 Å². The number of hydrogen-bond acceptors (Lipinski definition) is 5. The summed E-state index contributed by atoms with van der Waals surface area (Å²) in [6, 6.07) is 14.4. The van der Waals surface area contributed by atoms with Crippen LogP contribution in [0.3, 0.4) is 0 Å². The van der Waals surface area contributed by atoms with E-state index in [1.54, 1.807) is 22.8 Å². The van der Waals surface area contributed by atoms with E-state index in [1.165, 1.54) is 11.8 Å². The van der Waals surface area contributed by atoms with Gasteiger partial charge in [0.25, 0.3) is 0 Å². The molecule has 1 amide bonds. The molecule has 27 heavy (non-hydrogen) atoms. The van der Waals surface area contributed by atoms with Gasteiger partial charge >= 0.3 is 0 Å². The van der Waals surface area contributed by atoms with Crippen molar-refractivity contribution in [1.82, 2.24) is 14.8 Å². The van der Waals surface area contributed by atoms with Crippen molar-refractivity contribution in [2.45, 2.75) is 11.8 Å². The molecule has 1 aromatic heterocycles. The van der Waals surface area contributed by atoms with Gasteiger partial charge in [-0.15, -0.1) is 10.2 Å². The SMILES string of the molecule is Cn1c(COc2ccccc2)nnc1SCC(=O)Nc1ccc(Cl)c(Cl)c1. The summed E-state index contributed by atoms with van der Waals surface area (Å²) in [6.45, 7) is 0.295. The van der Waals surface area contributed by atoms with Gasteiger partial charge in [0.05, 0.1) is 15.8 Å². The number of nitrogens with zero attached hydrogens (tertiary/aromatic N) is 3.